The van der Waals surface area contributed by atoms with E-state index in [4.69, 9.17) is 30.5 Å². The van der Waals surface area contributed by atoms with Crippen molar-refractivity contribution >= 4 is 40.9 Å². The molecule has 1 saturated heterocycles. The van der Waals surface area contributed by atoms with Crippen molar-refractivity contribution in [3.8, 4) is 17.2 Å². The zero-order valence-corrected chi connectivity index (χ0v) is 27.5. The Kier molecular flexibility index (Phi) is 9.99. The molecule has 238 valence electrons. The first-order chi connectivity index (χ1) is 21.6. The van der Waals surface area contributed by atoms with Crippen molar-refractivity contribution < 1.29 is 28.5 Å². The summed E-state index contributed by atoms with van der Waals surface area (Å²) < 4.78 is 24.8. The number of hydrogen-bond donors (Lipinski definition) is 0. The summed E-state index contributed by atoms with van der Waals surface area (Å²) in [6.45, 7) is 8.91. The summed E-state index contributed by atoms with van der Waals surface area (Å²) >= 11 is 7.60. The Labute approximate surface area is 270 Å². The van der Waals surface area contributed by atoms with Gasteiger partial charge in [0.05, 0.1) is 35.6 Å². The Morgan fingerprint density at radius 1 is 1.09 bits per heavy atom. The number of carbonyl (C=O) groups is 2. The maximum atomic E-state index is 14.1. The minimum atomic E-state index is -0.883. The van der Waals surface area contributed by atoms with Crippen LogP contribution in [0.5, 0.6) is 17.2 Å². The zero-order valence-electron chi connectivity index (χ0n) is 25.9. The lowest BCUT2D eigenvalue weighted by molar-refractivity contribution is -0.143. The number of ether oxygens (including phenoxy) is 4. The van der Waals surface area contributed by atoms with Crippen LogP contribution in [0.1, 0.15) is 57.7 Å². The van der Waals surface area contributed by atoms with Crippen molar-refractivity contribution in [2.75, 3.05) is 33.4 Å². The number of methoxy groups -OCH3 is 1. The predicted octanol–water partition coefficient (Wildman–Crippen LogP) is 4.25. The number of amides is 1. The monoisotopic (exact) mass is 653 g/mol. The molecule has 45 heavy (non-hydrogen) atoms. The third-order valence-corrected chi connectivity index (χ3v) is 8.66. The third kappa shape index (κ3) is 6.94. The summed E-state index contributed by atoms with van der Waals surface area (Å²) in [5, 5.41) is 0.423. The molecule has 5 rings (SSSR count). The number of likely N-dealkylation sites (tertiary alicyclic amines) is 1. The maximum Gasteiger partial charge on any atom is 0.338 e. The van der Waals surface area contributed by atoms with Crippen LogP contribution < -0.4 is 29.1 Å². The van der Waals surface area contributed by atoms with E-state index < -0.39 is 12.0 Å². The molecule has 1 atom stereocenters. The Bertz CT molecular complexity index is 1820. The number of esters is 1. The molecule has 0 bridgehead atoms. The SMILES string of the molecule is CCOc1cc(/C=c2\sc3n(c2=O)[C@H](c2cc(Cl)ccc2OC)C(C(=O)OC(C)C)=C(C)N=3)ccc1OCC(=O)N1CCCC1. The molecular formula is C33H36ClN3O7S. The van der Waals surface area contributed by atoms with Crippen LogP contribution in [0, 0.1) is 0 Å². The molecule has 3 aromatic rings. The van der Waals surface area contributed by atoms with Crippen LogP contribution in [0.4, 0.5) is 0 Å². The highest BCUT2D eigenvalue weighted by molar-refractivity contribution is 7.07. The lowest BCUT2D eigenvalue weighted by Gasteiger charge is -2.26. The normalized spacial score (nSPS) is 16.5. The number of benzene rings is 2. The fraction of sp³-hybridized carbons (Fsp3) is 0.394. The van der Waals surface area contributed by atoms with Crippen LogP contribution in [0.25, 0.3) is 6.08 Å². The number of aromatic nitrogens is 1. The van der Waals surface area contributed by atoms with Crippen LogP contribution in [-0.2, 0) is 14.3 Å². The highest BCUT2D eigenvalue weighted by Gasteiger charge is 2.35. The van der Waals surface area contributed by atoms with E-state index in [-0.39, 0.29) is 29.8 Å². The number of carbonyl (C=O) groups excluding carboxylic acids is 2. The predicted molar refractivity (Wildman–Crippen MR) is 172 cm³/mol. The molecule has 0 N–H and O–H groups in total. The topological polar surface area (TPSA) is 109 Å². The molecular weight excluding hydrogens is 618 g/mol. The number of rotatable bonds is 10. The van der Waals surface area contributed by atoms with Crippen LogP contribution in [0.3, 0.4) is 0 Å². The maximum absolute atomic E-state index is 14.1. The largest absolute Gasteiger partial charge is 0.496 e. The molecule has 12 heteroatoms. The van der Waals surface area contributed by atoms with Gasteiger partial charge >= 0.3 is 5.97 Å². The Morgan fingerprint density at radius 2 is 1.82 bits per heavy atom. The van der Waals surface area contributed by atoms with Crippen LogP contribution >= 0.6 is 22.9 Å². The van der Waals surface area contributed by atoms with E-state index in [9.17, 15) is 14.4 Å². The van der Waals surface area contributed by atoms with Crippen molar-refractivity contribution in [2.45, 2.75) is 52.7 Å². The second kappa shape index (κ2) is 13.9. The molecule has 1 fully saturated rings. The third-order valence-electron chi connectivity index (χ3n) is 7.45. The molecule has 2 aromatic carbocycles. The number of fused-ring (bicyclic) bond motifs is 1. The molecule has 2 aliphatic heterocycles. The van der Waals surface area contributed by atoms with Gasteiger partial charge in [0, 0.05) is 23.7 Å². The molecule has 0 aliphatic carbocycles. The number of nitrogens with zero attached hydrogens (tertiary/aromatic N) is 3. The molecule has 0 radical (unpaired) electrons. The van der Waals surface area contributed by atoms with Gasteiger partial charge in [0.15, 0.2) is 22.9 Å². The first-order valence-corrected chi connectivity index (χ1v) is 16.0. The number of halogens is 1. The summed E-state index contributed by atoms with van der Waals surface area (Å²) in [6, 6.07) is 9.48. The highest BCUT2D eigenvalue weighted by atomic mass is 35.5. The molecule has 0 saturated carbocycles. The van der Waals surface area contributed by atoms with Gasteiger partial charge in [0.25, 0.3) is 11.5 Å². The molecule has 3 heterocycles. The van der Waals surface area contributed by atoms with Crippen LogP contribution in [-0.4, -0.2) is 60.9 Å². The quantitative estimate of drug-likeness (QED) is 0.301. The van der Waals surface area contributed by atoms with Gasteiger partial charge in [0.2, 0.25) is 0 Å². The molecule has 1 aromatic heterocycles. The van der Waals surface area contributed by atoms with Crippen LogP contribution in [0.15, 0.2) is 57.5 Å². The smallest absolute Gasteiger partial charge is 0.338 e. The first kappa shape index (κ1) is 32.3. The van der Waals surface area contributed by atoms with Crippen molar-refractivity contribution in [3.05, 3.63) is 83.5 Å². The minimum absolute atomic E-state index is 0.0574. The lowest BCUT2D eigenvalue weighted by atomic mass is 9.95. The Hall–Kier alpha value is -4.09. The fourth-order valence-corrected chi connectivity index (χ4v) is 6.65. The van der Waals surface area contributed by atoms with Gasteiger partial charge in [-0.2, -0.15) is 0 Å². The standard InChI is InChI=1S/C33H36ClN3O7S/c1-6-42-26-15-21(9-11-25(26)43-18-28(38)36-13-7-8-14-36)16-27-31(39)37-30(23-17-22(34)10-12-24(23)41-5)29(32(40)44-19(2)3)20(4)35-33(37)45-27/h9-12,15-17,19,30H,6-8,13-14,18H2,1-5H3/b27-16-/t30-/m1/s1. The molecule has 1 amide bonds. The van der Waals surface area contributed by atoms with Gasteiger partial charge < -0.3 is 23.8 Å². The minimum Gasteiger partial charge on any atom is -0.496 e. The number of hydrogen-bond acceptors (Lipinski definition) is 9. The van der Waals surface area contributed by atoms with E-state index in [0.717, 1.165) is 25.9 Å². The summed E-state index contributed by atoms with van der Waals surface area (Å²) in [5.74, 6) is 0.735. The van der Waals surface area contributed by atoms with Gasteiger partial charge in [-0.15, -0.1) is 0 Å². The number of allylic oxidation sites excluding steroid dienone is 1. The lowest BCUT2D eigenvalue weighted by Crippen LogP contribution is -2.40. The fourth-order valence-electron chi connectivity index (χ4n) is 5.42. The van der Waals surface area contributed by atoms with E-state index in [0.29, 0.717) is 55.0 Å². The average molecular weight is 654 g/mol. The van der Waals surface area contributed by atoms with Gasteiger partial charge in [-0.1, -0.05) is 29.0 Å². The average Bonchev–Trinajstić information content (AvgIpc) is 3.64. The van der Waals surface area contributed by atoms with Crippen LogP contribution in [0.2, 0.25) is 5.02 Å². The van der Waals surface area contributed by atoms with E-state index in [1.807, 2.05) is 6.92 Å². The summed E-state index contributed by atoms with van der Waals surface area (Å²) in [7, 11) is 1.52. The molecule has 2 aliphatic rings. The number of thiazole rings is 1. The Morgan fingerprint density at radius 3 is 2.51 bits per heavy atom. The van der Waals surface area contributed by atoms with E-state index >= 15 is 0 Å². The molecule has 10 nitrogen and oxygen atoms in total. The summed E-state index contributed by atoms with van der Waals surface area (Å²) in [5.41, 5.74) is 1.54. The summed E-state index contributed by atoms with van der Waals surface area (Å²) in [6.07, 6.45) is 3.37. The van der Waals surface area contributed by atoms with Crippen molar-refractivity contribution in [1.82, 2.24) is 9.47 Å². The van der Waals surface area contributed by atoms with Crippen molar-refractivity contribution in [2.24, 2.45) is 4.99 Å². The Balaban J connectivity index is 1.57. The van der Waals surface area contributed by atoms with Crippen molar-refractivity contribution in [3.63, 3.8) is 0 Å². The van der Waals surface area contributed by atoms with E-state index in [2.05, 4.69) is 4.99 Å². The molecule has 0 spiro atoms. The van der Waals surface area contributed by atoms with Gasteiger partial charge in [-0.25, -0.2) is 9.79 Å². The van der Waals surface area contributed by atoms with Gasteiger partial charge in [0.1, 0.15) is 11.8 Å². The summed E-state index contributed by atoms with van der Waals surface area (Å²) in [4.78, 5) is 46.9. The molecule has 0 unspecified atom stereocenters. The van der Waals surface area contributed by atoms with Gasteiger partial charge in [-0.3, -0.25) is 14.2 Å². The van der Waals surface area contributed by atoms with Gasteiger partial charge in [-0.05, 0) is 82.5 Å². The van der Waals surface area contributed by atoms with E-state index in [1.54, 1.807) is 68.1 Å². The second-order valence-corrected chi connectivity index (χ2v) is 12.4. The van der Waals surface area contributed by atoms with E-state index in [1.165, 1.54) is 23.0 Å². The second-order valence-electron chi connectivity index (χ2n) is 10.9. The highest BCUT2D eigenvalue weighted by Crippen LogP contribution is 2.37. The van der Waals surface area contributed by atoms with Crippen molar-refractivity contribution in [1.29, 1.82) is 0 Å². The first-order valence-electron chi connectivity index (χ1n) is 14.9. The zero-order chi connectivity index (χ0) is 32.2.